The fraction of sp³-hybridized carbons (Fsp3) is 0.556. The third-order valence-corrected chi connectivity index (χ3v) is 1.89. The Hall–Kier alpha value is -1.33. The molecule has 0 spiro atoms. The number of Topliss-reactive ketones (excluding diaryl/α,β-unsaturated/α-hetero) is 1. The fourth-order valence-electron chi connectivity index (χ4n) is 1.11. The third-order valence-electron chi connectivity index (χ3n) is 1.89. The summed E-state index contributed by atoms with van der Waals surface area (Å²) in [5.41, 5.74) is 0.419. The molecule has 6 heteroatoms. The molecule has 1 heterocycles. The van der Waals surface area contributed by atoms with Gasteiger partial charge in [0.1, 0.15) is 0 Å². The van der Waals surface area contributed by atoms with Crippen LogP contribution in [0.15, 0.2) is 12.4 Å². The van der Waals surface area contributed by atoms with Crippen molar-refractivity contribution in [3.8, 4) is 0 Å². The molecule has 1 rings (SSSR count). The molecule has 0 radical (unpaired) electrons. The van der Waals surface area contributed by atoms with Crippen molar-refractivity contribution in [2.24, 2.45) is 0 Å². The van der Waals surface area contributed by atoms with Gasteiger partial charge in [0, 0.05) is 19.2 Å². The van der Waals surface area contributed by atoms with Gasteiger partial charge in [-0.15, -0.1) is 0 Å². The Bertz CT molecular complexity index is 343. The maximum atomic E-state index is 11.8. The quantitative estimate of drug-likeness (QED) is 0.730. The van der Waals surface area contributed by atoms with Gasteiger partial charge in [-0.3, -0.25) is 9.48 Å². The molecule has 0 aromatic carbocycles. The number of ketones is 1. The average molecular weight is 220 g/mol. The molecular weight excluding hydrogens is 209 g/mol. The minimum Gasteiger partial charge on any atom is -0.294 e. The standard InChI is InChI=1S/C9H11F3N2O/c1-7(15)8-5-13-14(6-8)4-2-3-9(10,11)12/h5-6H,2-4H2,1H3. The zero-order valence-corrected chi connectivity index (χ0v) is 8.21. The Balaban J connectivity index is 2.41. The van der Waals surface area contributed by atoms with E-state index in [1.807, 2.05) is 0 Å². The molecule has 0 N–H and O–H groups in total. The summed E-state index contributed by atoms with van der Waals surface area (Å²) in [6.45, 7) is 1.56. The minimum absolute atomic E-state index is 0.0253. The van der Waals surface area contributed by atoms with Crippen molar-refractivity contribution in [2.45, 2.75) is 32.5 Å². The molecule has 0 saturated carbocycles. The second-order valence-corrected chi connectivity index (χ2v) is 3.27. The van der Waals surface area contributed by atoms with E-state index in [2.05, 4.69) is 5.10 Å². The summed E-state index contributed by atoms with van der Waals surface area (Å²) in [6, 6.07) is 0. The molecule has 0 aliphatic rings. The monoisotopic (exact) mass is 220 g/mol. The van der Waals surface area contributed by atoms with Crippen molar-refractivity contribution in [3.05, 3.63) is 18.0 Å². The van der Waals surface area contributed by atoms with Crippen LogP contribution in [0, 0.1) is 0 Å². The molecule has 0 saturated heterocycles. The number of hydrogen-bond acceptors (Lipinski definition) is 2. The topological polar surface area (TPSA) is 34.9 Å². The maximum absolute atomic E-state index is 11.8. The van der Waals surface area contributed by atoms with Crippen LogP contribution in [0.3, 0.4) is 0 Å². The highest BCUT2D eigenvalue weighted by Crippen LogP contribution is 2.21. The molecule has 1 aromatic rings. The van der Waals surface area contributed by atoms with Gasteiger partial charge in [-0.05, 0) is 13.3 Å². The third kappa shape index (κ3) is 4.14. The second-order valence-electron chi connectivity index (χ2n) is 3.27. The summed E-state index contributed by atoms with van der Waals surface area (Å²) < 4.78 is 36.8. The van der Waals surface area contributed by atoms with Crippen molar-refractivity contribution in [1.82, 2.24) is 9.78 Å². The summed E-state index contributed by atoms with van der Waals surface area (Å²) in [5.74, 6) is -0.142. The minimum atomic E-state index is -4.13. The van der Waals surface area contributed by atoms with E-state index in [1.165, 1.54) is 24.0 Å². The van der Waals surface area contributed by atoms with Gasteiger partial charge >= 0.3 is 6.18 Å². The number of halogens is 3. The van der Waals surface area contributed by atoms with Crippen molar-refractivity contribution in [3.63, 3.8) is 0 Å². The van der Waals surface area contributed by atoms with Crippen LogP contribution in [-0.2, 0) is 6.54 Å². The highest BCUT2D eigenvalue weighted by Gasteiger charge is 2.26. The molecule has 1 aromatic heterocycles. The van der Waals surface area contributed by atoms with Crippen LogP contribution in [0.2, 0.25) is 0 Å². The number of carbonyl (C=O) groups excluding carboxylic acids is 1. The van der Waals surface area contributed by atoms with Crippen molar-refractivity contribution in [2.75, 3.05) is 0 Å². The van der Waals surface area contributed by atoms with Crippen molar-refractivity contribution < 1.29 is 18.0 Å². The fourth-order valence-corrected chi connectivity index (χ4v) is 1.11. The van der Waals surface area contributed by atoms with Crippen LogP contribution >= 0.6 is 0 Å². The first-order valence-electron chi connectivity index (χ1n) is 4.48. The summed E-state index contributed by atoms with van der Waals surface area (Å²) >= 11 is 0. The van der Waals surface area contributed by atoms with E-state index in [0.29, 0.717) is 5.56 Å². The van der Waals surface area contributed by atoms with Crippen LogP contribution in [0.1, 0.15) is 30.1 Å². The van der Waals surface area contributed by atoms with E-state index in [0.717, 1.165) is 0 Å². The molecule has 0 bridgehead atoms. The summed E-state index contributed by atoms with van der Waals surface area (Å²) in [6.07, 6.45) is -2.17. The van der Waals surface area contributed by atoms with E-state index in [1.54, 1.807) is 0 Å². The smallest absolute Gasteiger partial charge is 0.294 e. The number of hydrogen-bond donors (Lipinski definition) is 0. The summed E-state index contributed by atoms with van der Waals surface area (Å²) in [7, 11) is 0. The second kappa shape index (κ2) is 4.46. The molecule has 15 heavy (non-hydrogen) atoms. The van der Waals surface area contributed by atoms with Crippen LogP contribution in [0.5, 0.6) is 0 Å². The number of rotatable bonds is 4. The summed E-state index contributed by atoms with van der Waals surface area (Å²) in [5, 5.41) is 3.79. The Labute approximate surface area is 84.9 Å². The zero-order chi connectivity index (χ0) is 11.5. The van der Waals surface area contributed by atoms with E-state index in [-0.39, 0.29) is 18.7 Å². The molecule has 0 aliphatic heterocycles. The molecular formula is C9H11F3N2O. The van der Waals surface area contributed by atoms with Crippen LogP contribution in [0.25, 0.3) is 0 Å². The van der Waals surface area contributed by atoms with E-state index in [9.17, 15) is 18.0 Å². The number of nitrogens with zero attached hydrogens (tertiary/aromatic N) is 2. The molecule has 3 nitrogen and oxygen atoms in total. The lowest BCUT2D eigenvalue weighted by atomic mass is 10.2. The predicted molar refractivity (Wildman–Crippen MR) is 47.5 cm³/mol. The lowest BCUT2D eigenvalue weighted by Crippen LogP contribution is -2.09. The molecule has 0 unspecified atom stereocenters. The number of aromatic nitrogens is 2. The van der Waals surface area contributed by atoms with Crippen molar-refractivity contribution >= 4 is 5.78 Å². The first-order chi connectivity index (χ1) is 6.88. The summed E-state index contributed by atoms with van der Waals surface area (Å²) in [4.78, 5) is 10.9. The van der Waals surface area contributed by atoms with Crippen LogP contribution < -0.4 is 0 Å². The molecule has 0 atom stereocenters. The van der Waals surface area contributed by atoms with Crippen molar-refractivity contribution in [1.29, 1.82) is 0 Å². The molecule has 0 amide bonds. The SMILES string of the molecule is CC(=O)c1cnn(CCCC(F)(F)F)c1. The number of aryl methyl sites for hydroxylation is 1. The van der Waals surface area contributed by atoms with Gasteiger partial charge in [0.25, 0.3) is 0 Å². The number of alkyl halides is 3. The molecule has 84 valence electrons. The first kappa shape index (κ1) is 11.7. The van der Waals surface area contributed by atoms with Crippen LogP contribution in [0.4, 0.5) is 13.2 Å². The van der Waals surface area contributed by atoms with Gasteiger partial charge in [-0.1, -0.05) is 0 Å². The van der Waals surface area contributed by atoms with Gasteiger partial charge in [-0.25, -0.2) is 0 Å². The highest BCUT2D eigenvalue weighted by atomic mass is 19.4. The van der Waals surface area contributed by atoms with Gasteiger partial charge < -0.3 is 0 Å². The Morgan fingerprint density at radius 3 is 2.67 bits per heavy atom. The lowest BCUT2D eigenvalue weighted by molar-refractivity contribution is -0.136. The van der Waals surface area contributed by atoms with E-state index < -0.39 is 12.6 Å². The van der Waals surface area contributed by atoms with Gasteiger partial charge in [0.05, 0.1) is 11.8 Å². The Morgan fingerprint density at radius 1 is 1.53 bits per heavy atom. The lowest BCUT2D eigenvalue weighted by Gasteiger charge is -2.05. The highest BCUT2D eigenvalue weighted by molar-refractivity contribution is 5.93. The zero-order valence-electron chi connectivity index (χ0n) is 8.21. The normalized spacial score (nSPS) is 11.7. The van der Waals surface area contributed by atoms with Gasteiger partial charge in [-0.2, -0.15) is 18.3 Å². The molecule has 0 fully saturated rings. The largest absolute Gasteiger partial charge is 0.389 e. The van der Waals surface area contributed by atoms with E-state index in [4.69, 9.17) is 0 Å². The van der Waals surface area contributed by atoms with Crippen LogP contribution in [-0.4, -0.2) is 21.7 Å². The number of carbonyl (C=O) groups is 1. The Morgan fingerprint density at radius 2 is 2.20 bits per heavy atom. The predicted octanol–water partition coefficient (Wildman–Crippen LogP) is 2.43. The van der Waals surface area contributed by atoms with Gasteiger partial charge in [0.15, 0.2) is 5.78 Å². The molecule has 0 aliphatic carbocycles. The van der Waals surface area contributed by atoms with E-state index >= 15 is 0 Å². The average Bonchev–Trinajstić information content (AvgIpc) is 2.50. The Kier molecular flexibility index (Phi) is 3.49. The van der Waals surface area contributed by atoms with Gasteiger partial charge in [0.2, 0.25) is 0 Å². The maximum Gasteiger partial charge on any atom is 0.389 e. The first-order valence-corrected chi connectivity index (χ1v) is 4.48.